The molecule has 2 aromatic carbocycles. The lowest BCUT2D eigenvalue weighted by molar-refractivity contribution is 0.0952. The number of hydrogen-bond donors (Lipinski definition) is 3. The largest absolute Gasteiger partial charge is 0.507 e. The minimum Gasteiger partial charge on any atom is -0.507 e. The molecule has 2 rings (SSSR count). The minimum atomic E-state index is -1.13. The van der Waals surface area contributed by atoms with Crippen LogP contribution in [-0.2, 0) is 0 Å². The molecule has 2 aromatic rings. The van der Waals surface area contributed by atoms with Crippen LogP contribution in [0.5, 0.6) is 11.5 Å². The number of hydrogen-bond acceptors (Lipinski definition) is 4. The Morgan fingerprint density at radius 1 is 1.14 bits per heavy atom. The van der Waals surface area contributed by atoms with Crippen molar-refractivity contribution in [2.75, 3.05) is 0 Å². The van der Waals surface area contributed by atoms with Crippen LogP contribution in [0, 0.1) is 11.6 Å². The van der Waals surface area contributed by atoms with E-state index in [4.69, 9.17) is 0 Å². The van der Waals surface area contributed by atoms with Crippen molar-refractivity contribution in [2.24, 2.45) is 5.10 Å². The third kappa shape index (κ3) is 3.20. The number of hydrazone groups is 1. The van der Waals surface area contributed by atoms with Gasteiger partial charge in [0.2, 0.25) is 0 Å². The molecule has 114 valence electrons. The van der Waals surface area contributed by atoms with Crippen molar-refractivity contribution in [1.29, 1.82) is 0 Å². The van der Waals surface area contributed by atoms with Gasteiger partial charge in [0.15, 0.2) is 11.6 Å². The van der Waals surface area contributed by atoms with Gasteiger partial charge in [-0.2, -0.15) is 5.10 Å². The molecule has 0 radical (unpaired) electrons. The first-order valence-electron chi connectivity index (χ1n) is 6.21. The van der Waals surface area contributed by atoms with E-state index in [0.29, 0.717) is 6.07 Å². The number of nitrogens with one attached hydrogen (secondary N) is 1. The van der Waals surface area contributed by atoms with Crippen LogP contribution >= 0.6 is 0 Å². The van der Waals surface area contributed by atoms with Crippen molar-refractivity contribution in [3.8, 4) is 11.5 Å². The maximum absolute atomic E-state index is 13.3. The normalized spacial score (nSPS) is 11.3. The topological polar surface area (TPSA) is 81.9 Å². The number of benzene rings is 2. The number of nitrogens with zero attached hydrogens (tertiary/aromatic N) is 1. The fourth-order valence-electron chi connectivity index (χ4n) is 1.76. The van der Waals surface area contributed by atoms with Crippen molar-refractivity contribution in [3.05, 3.63) is 59.2 Å². The monoisotopic (exact) mass is 306 g/mol. The summed E-state index contributed by atoms with van der Waals surface area (Å²) in [4.78, 5) is 11.8. The maximum atomic E-state index is 13.3. The van der Waals surface area contributed by atoms with Gasteiger partial charge in [-0.25, -0.2) is 14.2 Å². The Morgan fingerprint density at radius 3 is 2.50 bits per heavy atom. The van der Waals surface area contributed by atoms with Crippen molar-refractivity contribution in [1.82, 2.24) is 5.43 Å². The summed E-state index contributed by atoms with van der Waals surface area (Å²) in [5.74, 6) is -3.70. The molecule has 0 fully saturated rings. The first kappa shape index (κ1) is 15.4. The average Bonchev–Trinajstić information content (AvgIpc) is 2.48. The Bertz CT molecular complexity index is 760. The van der Waals surface area contributed by atoms with Gasteiger partial charge in [0, 0.05) is 11.6 Å². The lowest BCUT2D eigenvalue weighted by atomic mass is 10.1. The van der Waals surface area contributed by atoms with E-state index in [-0.39, 0.29) is 22.6 Å². The summed E-state index contributed by atoms with van der Waals surface area (Å²) in [6, 6.07) is 7.25. The Labute approximate surface area is 124 Å². The van der Waals surface area contributed by atoms with Gasteiger partial charge in [0.05, 0.1) is 11.3 Å². The quantitative estimate of drug-likeness (QED) is 0.602. The molecule has 7 heteroatoms. The Kier molecular flexibility index (Phi) is 4.36. The number of halogens is 2. The molecule has 0 aliphatic carbocycles. The van der Waals surface area contributed by atoms with Gasteiger partial charge >= 0.3 is 0 Å². The molecule has 1 amide bonds. The molecule has 0 spiro atoms. The van der Waals surface area contributed by atoms with E-state index in [2.05, 4.69) is 10.5 Å². The predicted octanol–water partition coefficient (Wildman–Crippen LogP) is 2.53. The van der Waals surface area contributed by atoms with Crippen LogP contribution < -0.4 is 5.43 Å². The van der Waals surface area contributed by atoms with Crippen LogP contribution in [0.3, 0.4) is 0 Å². The fraction of sp³-hybridized carbons (Fsp3) is 0.0667. The van der Waals surface area contributed by atoms with Crippen LogP contribution in [0.4, 0.5) is 8.78 Å². The molecule has 0 saturated carbocycles. The summed E-state index contributed by atoms with van der Waals surface area (Å²) >= 11 is 0. The van der Waals surface area contributed by atoms with Crippen molar-refractivity contribution < 1.29 is 23.8 Å². The van der Waals surface area contributed by atoms with Crippen molar-refractivity contribution >= 4 is 11.6 Å². The summed E-state index contributed by atoms with van der Waals surface area (Å²) in [5, 5.41) is 22.7. The molecular formula is C15H12F2N2O3. The van der Waals surface area contributed by atoms with Gasteiger partial charge < -0.3 is 10.2 Å². The number of carbonyl (C=O) groups is 1. The highest BCUT2D eigenvalue weighted by atomic mass is 19.1. The van der Waals surface area contributed by atoms with E-state index in [0.717, 1.165) is 6.07 Å². The number of phenolic OH excluding ortho intramolecular Hbond substituents is 2. The molecule has 0 unspecified atom stereocenters. The van der Waals surface area contributed by atoms with Gasteiger partial charge in [-0.05, 0) is 25.1 Å². The summed E-state index contributed by atoms with van der Waals surface area (Å²) in [5.41, 5.74) is 1.95. The molecule has 3 N–H and O–H groups in total. The summed E-state index contributed by atoms with van der Waals surface area (Å²) in [6.07, 6.45) is 0. The van der Waals surface area contributed by atoms with Crippen LogP contribution in [0.15, 0.2) is 41.5 Å². The fourth-order valence-corrected chi connectivity index (χ4v) is 1.76. The zero-order chi connectivity index (χ0) is 16.3. The molecule has 5 nitrogen and oxygen atoms in total. The molecule has 0 bridgehead atoms. The van der Waals surface area contributed by atoms with Crippen molar-refractivity contribution in [3.63, 3.8) is 0 Å². The van der Waals surface area contributed by atoms with Crippen LogP contribution in [0.1, 0.15) is 22.8 Å². The van der Waals surface area contributed by atoms with Gasteiger partial charge in [0.25, 0.3) is 5.91 Å². The number of rotatable bonds is 3. The van der Waals surface area contributed by atoms with E-state index in [1.165, 1.54) is 19.1 Å². The minimum absolute atomic E-state index is 0.000305. The van der Waals surface area contributed by atoms with E-state index in [1.807, 2.05) is 0 Å². The van der Waals surface area contributed by atoms with Crippen LogP contribution in [0.25, 0.3) is 0 Å². The third-order valence-electron chi connectivity index (χ3n) is 2.89. The second-order valence-electron chi connectivity index (χ2n) is 4.44. The van der Waals surface area contributed by atoms with Gasteiger partial charge in [-0.3, -0.25) is 4.79 Å². The Morgan fingerprint density at radius 2 is 1.82 bits per heavy atom. The highest BCUT2D eigenvalue weighted by molar-refractivity contribution is 6.03. The molecule has 0 atom stereocenters. The highest BCUT2D eigenvalue weighted by Gasteiger charge is 2.14. The van der Waals surface area contributed by atoms with E-state index in [9.17, 15) is 23.8 Å². The molecule has 0 heterocycles. The third-order valence-corrected chi connectivity index (χ3v) is 2.89. The molecule has 0 aliphatic heterocycles. The van der Waals surface area contributed by atoms with Gasteiger partial charge in [-0.1, -0.05) is 12.1 Å². The lowest BCUT2D eigenvalue weighted by Gasteiger charge is -2.07. The van der Waals surface area contributed by atoms with E-state index >= 15 is 0 Å². The highest BCUT2D eigenvalue weighted by Crippen LogP contribution is 2.23. The second kappa shape index (κ2) is 6.21. The smallest absolute Gasteiger partial charge is 0.275 e. The molecular weight excluding hydrogens is 294 g/mol. The second-order valence-corrected chi connectivity index (χ2v) is 4.44. The first-order valence-corrected chi connectivity index (χ1v) is 6.21. The molecule has 0 saturated heterocycles. The lowest BCUT2D eigenvalue weighted by Crippen LogP contribution is -2.19. The maximum Gasteiger partial charge on any atom is 0.275 e. The number of para-hydroxylation sites is 1. The van der Waals surface area contributed by atoms with Gasteiger partial charge in [-0.15, -0.1) is 0 Å². The van der Waals surface area contributed by atoms with Gasteiger partial charge in [0.1, 0.15) is 11.6 Å². The summed E-state index contributed by atoms with van der Waals surface area (Å²) in [7, 11) is 0. The van der Waals surface area contributed by atoms with Crippen LogP contribution in [-0.4, -0.2) is 21.8 Å². The predicted molar refractivity (Wildman–Crippen MR) is 75.8 cm³/mol. The standard InChI is InChI=1S/C15H12F2N2O3/c1-8(11-6-9(16)7-12(17)14(11)21)18-19-15(22)10-4-2-3-5-13(10)20/h2-7,20-21H,1H3,(H,19,22). The number of carbonyl (C=O) groups excluding carboxylic acids is 1. The Hall–Kier alpha value is -2.96. The Balaban J connectivity index is 2.24. The van der Waals surface area contributed by atoms with E-state index in [1.54, 1.807) is 12.1 Å². The average molecular weight is 306 g/mol. The summed E-state index contributed by atoms with van der Waals surface area (Å²) < 4.78 is 26.4. The molecule has 0 aliphatic rings. The van der Waals surface area contributed by atoms with Crippen LogP contribution in [0.2, 0.25) is 0 Å². The molecule has 22 heavy (non-hydrogen) atoms. The molecule has 0 aromatic heterocycles. The zero-order valence-corrected chi connectivity index (χ0v) is 11.5. The summed E-state index contributed by atoms with van der Waals surface area (Å²) in [6.45, 7) is 1.36. The van der Waals surface area contributed by atoms with E-state index < -0.39 is 23.3 Å². The first-order chi connectivity index (χ1) is 10.4. The SMILES string of the molecule is CC(=NNC(=O)c1ccccc1O)c1cc(F)cc(F)c1O. The zero-order valence-electron chi connectivity index (χ0n) is 11.5. The number of amides is 1. The van der Waals surface area contributed by atoms with Crippen molar-refractivity contribution in [2.45, 2.75) is 6.92 Å². The number of phenols is 2. The number of aromatic hydroxyl groups is 2.